The molecule has 0 aliphatic rings. The van der Waals surface area contributed by atoms with E-state index in [9.17, 15) is 9.59 Å². The Bertz CT molecular complexity index is 889. The number of carbonyl (C=O) groups is 1. The SMILES string of the molecule is Cc1nc(-c2cccnc2)[nH]c(=O)c1CC(=O)NCc1ccsc1. The first-order valence-corrected chi connectivity index (χ1v) is 8.35. The molecule has 122 valence electrons. The molecule has 0 fully saturated rings. The highest BCUT2D eigenvalue weighted by atomic mass is 32.1. The zero-order valence-electron chi connectivity index (χ0n) is 13.1. The van der Waals surface area contributed by atoms with Crippen LogP contribution in [0.5, 0.6) is 0 Å². The molecule has 0 atom stereocenters. The van der Waals surface area contributed by atoms with E-state index in [1.807, 2.05) is 22.9 Å². The zero-order valence-corrected chi connectivity index (χ0v) is 13.9. The second-order valence-corrected chi connectivity index (χ2v) is 6.09. The third-order valence-corrected chi connectivity index (χ3v) is 4.30. The van der Waals surface area contributed by atoms with Crippen molar-refractivity contribution in [2.75, 3.05) is 0 Å². The van der Waals surface area contributed by atoms with E-state index in [1.54, 1.807) is 36.7 Å². The number of pyridine rings is 1. The summed E-state index contributed by atoms with van der Waals surface area (Å²) < 4.78 is 0. The molecule has 3 aromatic heterocycles. The number of aromatic nitrogens is 3. The Morgan fingerprint density at radius 2 is 2.25 bits per heavy atom. The van der Waals surface area contributed by atoms with Crippen molar-refractivity contribution in [2.45, 2.75) is 19.9 Å². The Morgan fingerprint density at radius 3 is 2.92 bits per heavy atom. The predicted molar refractivity (Wildman–Crippen MR) is 92.7 cm³/mol. The number of rotatable bonds is 5. The normalized spacial score (nSPS) is 10.5. The fourth-order valence-electron chi connectivity index (χ4n) is 2.28. The summed E-state index contributed by atoms with van der Waals surface area (Å²) >= 11 is 1.58. The Balaban J connectivity index is 1.74. The lowest BCUT2D eigenvalue weighted by molar-refractivity contribution is -0.120. The predicted octanol–water partition coefficient (Wildman–Crippen LogP) is 2.06. The summed E-state index contributed by atoms with van der Waals surface area (Å²) in [7, 11) is 0. The van der Waals surface area contributed by atoms with Gasteiger partial charge in [0.25, 0.3) is 5.56 Å². The van der Waals surface area contributed by atoms with Crippen LogP contribution in [-0.2, 0) is 17.8 Å². The maximum absolute atomic E-state index is 12.3. The third kappa shape index (κ3) is 3.75. The van der Waals surface area contributed by atoms with Crippen LogP contribution in [0.1, 0.15) is 16.8 Å². The molecule has 1 amide bonds. The Morgan fingerprint density at radius 1 is 1.38 bits per heavy atom. The van der Waals surface area contributed by atoms with Gasteiger partial charge in [0.05, 0.1) is 6.42 Å². The minimum absolute atomic E-state index is 0.00558. The number of thiophene rings is 1. The van der Waals surface area contributed by atoms with Crippen LogP contribution in [-0.4, -0.2) is 20.9 Å². The van der Waals surface area contributed by atoms with Crippen LogP contribution >= 0.6 is 11.3 Å². The smallest absolute Gasteiger partial charge is 0.255 e. The Kier molecular flexibility index (Phi) is 4.81. The zero-order chi connectivity index (χ0) is 16.9. The van der Waals surface area contributed by atoms with Gasteiger partial charge in [0.15, 0.2) is 0 Å². The van der Waals surface area contributed by atoms with E-state index in [-0.39, 0.29) is 17.9 Å². The van der Waals surface area contributed by atoms with Gasteiger partial charge in [-0.25, -0.2) is 4.98 Å². The molecule has 0 radical (unpaired) electrons. The second-order valence-electron chi connectivity index (χ2n) is 5.31. The number of aromatic amines is 1. The summed E-state index contributed by atoms with van der Waals surface area (Å²) in [6, 6.07) is 5.54. The van der Waals surface area contributed by atoms with E-state index in [1.165, 1.54) is 0 Å². The maximum Gasteiger partial charge on any atom is 0.255 e. The quantitative estimate of drug-likeness (QED) is 0.744. The maximum atomic E-state index is 12.3. The van der Waals surface area contributed by atoms with E-state index in [0.29, 0.717) is 23.6 Å². The lowest BCUT2D eigenvalue weighted by atomic mass is 10.1. The molecule has 6 nitrogen and oxygen atoms in total. The molecule has 0 unspecified atom stereocenters. The highest BCUT2D eigenvalue weighted by Gasteiger charge is 2.13. The average Bonchev–Trinajstić information content (AvgIpc) is 3.10. The van der Waals surface area contributed by atoms with Gasteiger partial charge >= 0.3 is 0 Å². The first-order valence-electron chi connectivity index (χ1n) is 7.41. The van der Waals surface area contributed by atoms with Gasteiger partial charge in [-0.15, -0.1) is 0 Å². The fourth-order valence-corrected chi connectivity index (χ4v) is 2.94. The standard InChI is InChI=1S/C17H16N4O2S/c1-11-14(7-15(22)19-8-12-4-6-24-10-12)17(23)21-16(20-11)13-3-2-5-18-9-13/h2-6,9-10H,7-8H2,1H3,(H,19,22)(H,20,21,23). The van der Waals surface area contributed by atoms with E-state index < -0.39 is 0 Å². The molecule has 0 aliphatic heterocycles. The number of hydrogen-bond donors (Lipinski definition) is 2. The van der Waals surface area contributed by atoms with Crippen LogP contribution in [0, 0.1) is 6.92 Å². The Hall–Kier alpha value is -2.80. The van der Waals surface area contributed by atoms with Crippen molar-refractivity contribution >= 4 is 17.2 Å². The minimum atomic E-state index is -0.299. The van der Waals surface area contributed by atoms with Crippen LogP contribution < -0.4 is 10.9 Å². The molecule has 0 spiro atoms. The molecule has 3 rings (SSSR count). The van der Waals surface area contributed by atoms with Crippen LogP contribution in [0.2, 0.25) is 0 Å². The molecule has 3 aromatic rings. The first kappa shape index (κ1) is 16.1. The van der Waals surface area contributed by atoms with Gasteiger partial charge < -0.3 is 10.3 Å². The summed E-state index contributed by atoms with van der Waals surface area (Å²) in [5.74, 6) is 0.249. The summed E-state index contributed by atoms with van der Waals surface area (Å²) in [5, 5.41) is 6.74. The van der Waals surface area contributed by atoms with Gasteiger partial charge in [0.1, 0.15) is 5.82 Å². The molecule has 7 heteroatoms. The third-order valence-electron chi connectivity index (χ3n) is 3.56. The molecule has 0 aliphatic carbocycles. The topological polar surface area (TPSA) is 87.7 Å². The van der Waals surface area contributed by atoms with Crippen molar-refractivity contribution in [3.05, 3.63) is 68.5 Å². The van der Waals surface area contributed by atoms with Gasteiger partial charge in [-0.3, -0.25) is 14.6 Å². The van der Waals surface area contributed by atoms with E-state index >= 15 is 0 Å². The molecular formula is C17H16N4O2S. The van der Waals surface area contributed by atoms with Gasteiger partial charge in [0, 0.05) is 35.8 Å². The number of aryl methyl sites for hydroxylation is 1. The van der Waals surface area contributed by atoms with E-state index in [2.05, 4.69) is 20.3 Å². The molecule has 0 saturated carbocycles. The van der Waals surface area contributed by atoms with Gasteiger partial charge in [0.2, 0.25) is 5.91 Å². The summed E-state index contributed by atoms with van der Waals surface area (Å²) in [6.07, 6.45) is 3.29. The molecule has 0 bridgehead atoms. The highest BCUT2D eigenvalue weighted by molar-refractivity contribution is 7.07. The van der Waals surface area contributed by atoms with Crippen LogP contribution in [0.4, 0.5) is 0 Å². The summed E-state index contributed by atoms with van der Waals surface area (Å²) in [4.78, 5) is 35.5. The van der Waals surface area contributed by atoms with Crippen molar-refractivity contribution < 1.29 is 4.79 Å². The van der Waals surface area contributed by atoms with Crippen molar-refractivity contribution in [3.63, 3.8) is 0 Å². The van der Waals surface area contributed by atoms with Gasteiger partial charge in [-0.05, 0) is 41.4 Å². The number of carbonyl (C=O) groups excluding carboxylic acids is 1. The van der Waals surface area contributed by atoms with Crippen LogP contribution in [0.3, 0.4) is 0 Å². The van der Waals surface area contributed by atoms with E-state index in [4.69, 9.17) is 0 Å². The monoisotopic (exact) mass is 340 g/mol. The summed E-state index contributed by atoms with van der Waals surface area (Å²) in [5.41, 5.74) is 2.40. The number of H-pyrrole nitrogens is 1. The van der Waals surface area contributed by atoms with Gasteiger partial charge in [-0.1, -0.05) is 0 Å². The van der Waals surface area contributed by atoms with Crippen LogP contribution in [0.25, 0.3) is 11.4 Å². The van der Waals surface area contributed by atoms with Crippen molar-refractivity contribution in [2.24, 2.45) is 0 Å². The lowest BCUT2D eigenvalue weighted by Gasteiger charge is -2.08. The van der Waals surface area contributed by atoms with Crippen molar-refractivity contribution in [1.82, 2.24) is 20.3 Å². The van der Waals surface area contributed by atoms with Gasteiger partial charge in [-0.2, -0.15) is 11.3 Å². The number of amides is 1. The van der Waals surface area contributed by atoms with E-state index in [0.717, 1.165) is 11.1 Å². The number of nitrogens with zero attached hydrogens (tertiary/aromatic N) is 2. The number of nitrogens with one attached hydrogen (secondary N) is 2. The average molecular weight is 340 g/mol. The number of hydrogen-bond acceptors (Lipinski definition) is 5. The molecular weight excluding hydrogens is 324 g/mol. The summed E-state index contributed by atoms with van der Waals surface area (Å²) in [6.45, 7) is 2.19. The van der Waals surface area contributed by atoms with Crippen molar-refractivity contribution in [3.8, 4) is 11.4 Å². The lowest BCUT2D eigenvalue weighted by Crippen LogP contribution is -2.28. The largest absolute Gasteiger partial charge is 0.352 e. The molecule has 0 aromatic carbocycles. The molecule has 3 heterocycles. The highest BCUT2D eigenvalue weighted by Crippen LogP contribution is 2.13. The molecule has 24 heavy (non-hydrogen) atoms. The molecule has 2 N–H and O–H groups in total. The first-order chi connectivity index (χ1) is 11.6. The Labute approximate surface area is 142 Å². The van der Waals surface area contributed by atoms with Crippen molar-refractivity contribution in [1.29, 1.82) is 0 Å². The minimum Gasteiger partial charge on any atom is -0.352 e. The fraction of sp³-hybridized carbons (Fsp3) is 0.176. The van der Waals surface area contributed by atoms with Crippen LogP contribution in [0.15, 0.2) is 46.1 Å². The molecule has 0 saturated heterocycles. The second kappa shape index (κ2) is 7.18.